The van der Waals surface area contributed by atoms with Crippen LogP contribution in [-0.2, 0) is 20.9 Å². The average Bonchev–Trinajstić information content (AvgIpc) is 3.49. The topological polar surface area (TPSA) is 140 Å². The normalized spacial score (nSPS) is 16.3. The summed E-state index contributed by atoms with van der Waals surface area (Å²) in [5, 5.41) is 11.5. The number of amides is 4. The number of halogens is 2. The molecule has 6 rings (SSSR count). The van der Waals surface area contributed by atoms with Gasteiger partial charge in [-0.1, -0.05) is 53.5 Å². The van der Waals surface area contributed by atoms with E-state index in [0.29, 0.717) is 40.6 Å². The van der Waals surface area contributed by atoms with Crippen LogP contribution >= 0.6 is 23.2 Å². The fraction of sp³-hybridized carbons (Fsp3) is 0.226. The van der Waals surface area contributed by atoms with Gasteiger partial charge in [0.1, 0.15) is 6.04 Å². The first kappa shape index (κ1) is 29.3. The molecule has 3 heterocycles. The molecule has 4 aromatic rings. The average molecular weight is 634 g/mol. The van der Waals surface area contributed by atoms with E-state index in [1.54, 1.807) is 35.0 Å². The number of piperidine rings is 1. The predicted molar refractivity (Wildman–Crippen MR) is 162 cm³/mol. The van der Waals surface area contributed by atoms with E-state index in [9.17, 15) is 24.0 Å². The van der Waals surface area contributed by atoms with Crippen molar-refractivity contribution in [3.05, 3.63) is 93.1 Å². The van der Waals surface area contributed by atoms with Gasteiger partial charge in [-0.15, -0.1) is 0 Å². The van der Waals surface area contributed by atoms with Crippen molar-refractivity contribution in [2.24, 2.45) is 0 Å². The molecule has 2 aliphatic heterocycles. The summed E-state index contributed by atoms with van der Waals surface area (Å²) in [6.07, 6.45) is 0.514. The lowest BCUT2D eigenvalue weighted by Gasteiger charge is -2.27. The first-order chi connectivity index (χ1) is 21.2. The number of esters is 1. The molecule has 3 aromatic carbocycles. The van der Waals surface area contributed by atoms with Gasteiger partial charge < -0.3 is 10.1 Å². The zero-order valence-corrected chi connectivity index (χ0v) is 24.7. The van der Waals surface area contributed by atoms with Crippen molar-refractivity contribution >= 4 is 69.4 Å². The monoisotopic (exact) mass is 633 g/mol. The number of fused-ring (bicyclic) bond motifs is 2. The highest BCUT2D eigenvalue weighted by Gasteiger charge is 2.45. The van der Waals surface area contributed by atoms with E-state index in [1.165, 1.54) is 6.07 Å². The van der Waals surface area contributed by atoms with Crippen LogP contribution in [-0.4, -0.2) is 63.5 Å². The Morgan fingerprint density at radius 2 is 1.84 bits per heavy atom. The highest BCUT2D eigenvalue weighted by atomic mass is 35.5. The van der Waals surface area contributed by atoms with Crippen LogP contribution in [0, 0.1) is 0 Å². The fourth-order valence-electron chi connectivity index (χ4n) is 5.40. The molecular weight excluding hydrogens is 609 g/mol. The van der Waals surface area contributed by atoms with E-state index < -0.39 is 35.6 Å². The number of benzene rings is 3. The lowest BCUT2D eigenvalue weighted by molar-refractivity contribution is -0.136. The maximum atomic E-state index is 13.3. The number of imide groups is 2. The minimum absolute atomic E-state index is 0.0420. The molecule has 1 aromatic heterocycles. The number of para-hydroxylation sites is 1. The van der Waals surface area contributed by atoms with Crippen LogP contribution in [0.15, 0.2) is 60.7 Å². The third-order valence-corrected chi connectivity index (χ3v) is 8.11. The third-order valence-electron chi connectivity index (χ3n) is 7.52. The lowest BCUT2D eigenvalue weighted by Crippen LogP contribution is -2.54. The van der Waals surface area contributed by atoms with Crippen molar-refractivity contribution in [3.8, 4) is 0 Å². The number of rotatable bonds is 9. The molecule has 224 valence electrons. The minimum Gasteiger partial charge on any atom is -0.461 e. The van der Waals surface area contributed by atoms with E-state index in [2.05, 4.69) is 15.7 Å². The van der Waals surface area contributed by atoms with Gasteiger partial charge in [0.2, 0.25) is 11.8 Å². The molecular formula is C31H25Cl2N5O6. The van der Waals surface area contributed by atoms with Gasteiger partial charge in [0.15, 0.2) is 5.69 Å². The van der Waals surface area contributed by atoms with Gasteiger partial charge in [0.05, 0.1) is 29.8 Å². The van der Waals surface area contributed by atoms with Crippen molar-refractivity contribution in [1.29, 1.82) is 0 Å². The number of nitrogens with zero attached hydrogens (tertiary/aromatic N) is 3. The summed E-state index contributed by atoms with van der Waals surface area (Å²) in [4.78, 5) is 64.1. The molecule has 44 heavy (non-hydrogen) atoms. The summed E-state index contributed by atoms with van der Waals surface area (Å²) in [6, 6.07) is 16.3. The summed E-state index contributed by atoms with van der Waals surface area (Å²) in [5.41, 5.74) is 2.49. The van der Waals surface area contributed by atoms with Gasteiger partial charge in [-0.3, -0.25) is 34.1 Å². The molecule has 0 bridgehead atoms. The first-order valence-corrected chi connectivity index (χ1v) is 14.6. The lowest BCUT2D eigenvalue weighted by atomic mass is 10.0. The van der Waals surface area contributed by atoms with E-state index in [0.717, 1.165) is 16.0 Å². The Morgan fingerprint density at radius 3 is 2.64 bits per heavy atom. The van der Waals surface area contributed by atoms with Crippen molar-refractivity contribution in [2.45, 2.75) is 31.8 Å². The Hall–Kier alpha value is -4.74. The van der Waals surface area contributed by atoms with Crippen LogP contribution in [0.2, 0.25) is 10.0 Å². The maximum Gasteiger partial charge on any atom is 0.359 e. The second kappa shape index (κ2) is 12.1. The molecule has 2 N–H and O–H groups in total. The third kappa shape index (κ3) is 5.51. The van der Waals surface area contributed by atoms with E-state index in [1.807, 2.05) is 24.3 Å². The molecule has 0 aliphatic carbocycles. The zero-order chi connectivity index (χ0) is 31.0. The van der Waals surface area contributed by atoms with E-state index >= 15 is 0 Å². The van der Waals surface area contributed by atoms with Gasteiger partial charge in [-0.05, 0) is 48.7 Å². The Labute approximate surface area is 261 Å². The maximum absolute atomic E-state index is 13.3. The smallest absolute Gasteiger partial charge is 0.359 e. The van der Waals surface area contributed by atoms with Gasteiger partial charge in [0.25, 0.3) is 11.8 Å². The molecule has 0 radical (unpaired) electrons. The molecule has 1 atom stereocenters. The highest BCUT2D eigenvalue weighted by Crippen LogP contribution is 2.32. The van der Waals surface area contributed by atoms with Gasteiger partial charge in [0, 0.05) is 34.1 Å². The number of hydrogen-bond acceptors (Lipinski definition) is 8. The molecule has 0 spiro atoms. The minimum atomic E-state index is -1.05. The van der Waals surface area contributed by atoms with Crippen LogP contribution in [0.5, 0.6) is 0 Å². The number of ether oxygens (including phenoxy) is 1. The van der Waals surface area contributed by atoms with Crippen molar-refractivity contribution in [3.63, 3.8) is 0 Å². The van der Waals surface area contributed by atoms with E-state index in [4.69, 9.17) is 27.9 Å². The molecule has 13 heteroatoms. The van der Waals surface area contributed by atoms with Crippen molar-refractivity contribution in [1.82, 2.24) is 20.0 Å². The number of nitrogens with one attached hydrogen (secondary N) is 2. The summed E-state index contributed by atoms with van der Waals surface area (Å²) < 4.78 is 7.21. The zero-order valence-electron chi connectivity index (χ0n) is 23.1. The molecule has 1 unspecified atom stereocenters. The Bertz CT molecular complexity index is 1850. The van der Waals surface area contributed by atoms with Crippen LogP contribution in [0.1, 0.15) is 56.0 Å². The fourth-order valence-corrected chi connectivity index (χ4v) is 5.87. The number of carbonyl (C=O) groups is 5. The molecule has 2 aliphatic rings. The highest BCUT2D eigenvalue weighted by molar-refractivity contribution is 6.35. The second-order valence-corrected chi connectivity index (χ2v) is 11.2. The Morgan fingerprint density at radius 1 is 1.02 bits per heavy atom. The standard InChI is InChI=1S/C31H25Cl2N5O6/c32-18-10-9-17(21(33)15-18)16-37-23-8-2-1-5-19(23)27(36-37)31(43)44-14-4-13-34-22-7-3-6-20-26(22)30(42)38(29(20)41)24-11-12-25(39)35-28(24)40/h1-3,5-10,15,24,34H,4,11-14,16H2,(H,35,39,40). The summed E-state index contributed by atoms with van der Waals surface area (Å²) in [5.74, 6) is -2.87. The van der Waals surface area contributed by atoms with Gasteiger partial charge in [-0.2, -0.15) is 5.10 Å². The number of anilines is 1. The summed E-state index contributed by atoms with van der Waals surface area (Å²) in [6.45, 7) is 0.728. The van der Waals surface area contributed by atoms with Gasteiger partial charge in [-0.25, -0.2) is 4.79 Å². The van der Waals surface area contributed by atoms with E-state index in [-0.39, 0.29) is 36.3 Å². The largest absolute Gasteiger partial charge is 0.461 e. The quantitative estimate of drug-likeness (QED) is 0.156. The van der Waals surface area contributed by atoms with Crippen LogP contribution in [0.3, 0.4) is 0 Å². The molecule has 1 saturated heterocycles. The van der Waals surface area contributed by atoms with Crippen LogP contribution < -0.4 is 10.6 Å². The van der Waals surface area contributed by atoms with Crippen LogP contribution in [0.4, 0.5) is 5.69 Å². The predicted octanol–water partition coefficient (Wildman–Crippen LogP) is 4.45. The summed E-state index contributed by atoms with van der Waals surface area (Å²) >= 11 is 12.4. The van der Waals surface area contributed by atoms with Crippen molar-refractivity contribution < 1.29 is 28.7 Å². The molecule has 1 fully saturated rings. The first-order valence-electron chi connectivity index (χ1n) is 13.9. The van der Waals surface area contributed by atoms with Crippen LogP contribution in [0.25, 0.3) is 10.9 Å². The number of carbonyl (C=O) groups excluding carboxylic acids is 5. The molecule has 0 saturated carbocycles. The molecule has 11 nitrogen and oxygen atoms in total. The Balaban J connectivity index is 1.08. The summed E-state index contributed by atoms with van der Waals surface area (Å²) in [7, 11) is 0. The number of aromatic nitrogens is 2. The van der Waals surface area contributed by atoms with Crippen molar-refractivity contribution in [2.75, 3.05) is 18.5 Å². The molecule has 4 amide bonds. The second-order valence-electron chi connectivity index (χ2n) is 10.4. The SMILES string of the molecule is O=C1CCC(N2C(=O)c3cccc(NCCCOC(=O)c4nn(Cc5ccc(Cl)cc5Cl)c5ccccc45)c3C2=O)C(=O)N1. The van der Waals surface area contributed by atoms with Gasteiger partial charge >= 0.3 is 5.97 Å². The number of hydrogen-bond donors (Lipinski definition) is 2. The Kier molecular flexibility index (Phi) is 8.07.